The van der Waals surface area contributed by atoms with Crippen molar-refractivity contribution < 1.29 is 12.8 Å². The maximum Gasteiger partial charge on any atom is 0.158 e. The highest BCUT2D eigenvalue weighted by molar-refractivity contribution is 7.72. The molecule has 0 amide bonds. The Labute approximate surface area is 71.2 Å². The van der Waals surface area contributed by atoms with Gasteiger partial charge in [0.1, 0.15) is 11.7 Å². The maximum absolute atomic E-state index is 12.3. The third-order valence-electron chi connectivity index (χ3n) is 1.19. The van der Waals surface area contributed by atoms with E-state index in [-0.39, 0.29) is 5.88 Å². The SMILES string of the molecule is O=[SH](=O)CNc1c[c]c(F)cc1. The van der Waals surface area contributed by atoms with E-state index in [1.165, 1.54) is 18.2 Å². The van der Waals surface area contributed by atoms with E-state index in [9.17, 15) is 12.8 Å². The number of benzene rings is 1. The van der Waals surface area contributed by atoms with Crippen LogP contribution in [0.3, 0.4) is 0 Å². The Balaban J connectivity index is 2.59. The van der Waals surface area contributed by atoms with Gasteiger partial charge in [0.05, 0.1) is 0 Å². The molecule has 65 valence electrons. The number of halogens is 1. The largest absolute Gasteiger partial charge is 0.372 e. The molecule has 0 bridgehead atoms. The molecular weight excluding hydrogens is 181 g/mol. The Kier molecular flexibility index (Phi) is 3.04. The maximum atomic E-state index is 12.3. The second-order valence-corrected chi connectivity index (χ2v) is 3.07. The summed E-state index contributed by atoms with van der Waals surface area (Å²) in [4.78, 5) is 0. The Bertz CT molecular complexity index is 313. The summed E-state index contributed by atoms with van der Waals surface area (Å²) in [6.45, 7) is 0. The second-order valence-electron chi connectivity index (χ2n) is 2.09. The topological polar surface area (TPSA) is 46.2 Å². The van der Waals surface area contributed by atoms with Gasteiger partial charge in [-0.25, -0.2) is 12.8 Å². The summed E-state index contributed by atoms with van der Waals surface area (Å²) in [5.74, 6) is -0.610. The minimum absolute atomic E-state index is 0.144. The van der Waals surface area contributed by atoms with Crippen LogP contribution >= 0.6 is 0 Å². The molecule has 12 heavy (non-hydrogen) atoms. The summed E-state index contributed by atoms with van der Waals surface area (Å²) in [5.41, 5.74) is 0.538. The highest BCUT2D eigenvalue weighted by Gasteiger charge is 1.92. The molecule has 1 aromatic carbocycles. The van der Waals surface area contributed by atoms with Crippen LogP contribution in [0.2, 0.25) is 0 Å². The zero-order valence-electron chi connectivity index (χ0n) is 6.08. The van der Waals surface area contributed by atoms with Gasteiger partial charge in [-0.1, -0.05) is 0 Å². The molecule has 1 N–H and O–H groups in total. The lowest BCUT2D eigenvalue weighted by molar-refractivity contribution is 0.616. The van der Waals surface area contributed by atoms with Crippen LogP contribution in [0.1, 0.15) is 0 Å². The first-order chi connectivity index (χ1) is 5.68. The Morgan fingerprint density at radius 2 is 2.25 bits per heavy atom. The lowest BCUT2D eigenvalue weighted by Crippen LogP contribution is -2.02. The zero-order valence-corrected chi connectivity index (χ0v) is 6.98. The van der Waals surface area contributed by atoms with Gasteiger partial charge in [-0.3, -0.25) is 0 Å². The highest BCUT2D eigenvalue weighted by Crippen LogP contribution is 2.06. The molecular formula is C7H7FNO2S. The molecule has 0 aliphatic rings. The number of hydrogen-bond acceptors (Lipinski definition) is 3. The summed E-state index contributed by atoms with van der Waals surface area (Å²) in [5, 5.41) is 2.58. The van der Waals surface area contributed by atoms with E-state index < -0.39 is 16.5 Å². The van der Waals surface area contributed by atoms with Crippen molar-refractivity contribution in [3.8, 4) is 0 Å². The van der Waals surface area contributed by atoms with Crippen LogP contribution in [0.5, 0.6) is 0 Å². The van der Waals surface area contributed by atoms with E-state index in [1.54, 1.807) is 0 Å². The molecule has 0 spiro atoms. The predicted octanol–water partition coefficient (Wildman–Crippen LogP) is 0.607. The normalized spacial score (nSPS) is 10.2. The highest BCUT2D eigenvalue weighted by atomic mass is 32.2. The van der Waals surface area contributed by atoms with Crippen LogP contribution in [-0.2, 0) is 10.7 Å². The van der Waals surface area contributed by atoms with Gasteiger partial charge >= 0.3 is 0 Å². The Morgan fingerprint density at radius 3 is 2.75 bits per heavy atom. The second kappa shape index (κ2) is 4.06. The van der Waals surface area contributed by atoms with E-state index >= 15 is 0 Å². The minimum Gasteiger partial charge on any atom is -0.372 e. The van der Waals surface area contributed by atoms with Crippen molar-refractivity contribution >= 4 is 16.4 Å². The van der Waals surface area contributed by atoms with Gasteiger partial charge in [0.25, 0.3) is 0 Å². The van der Waals surface area contributed by atoms with Crippen molar-refractivity contribution in [3.63, 3.8) is 0 Å². The van der Waals surface area contributed by atoms with E-state index in [4.69, 9.17) is 0 Å². The molecule has 0 unspecified atom stereocenters. The van der Waals surface area contributed by atoms with Crippen LogP contribution < -0.4 is 5.32 Å². The monoisotopic (exact) mass is 188 g/mol. The lowest BCUT2D eigenvalue weighted by Gasteiger charge is -1.99. The smallest absolute Gasteiger partial charge is 0.158 e. The van der Waals surface area contributed by atoms with Gasteiger partial charge in [0.15, 0.2) is 10.7 Å². The van der Waals surface area contributed by atoms with E-state index in [0.717, 1.165) is 0 Å². The Morgan fingerprint density at radius 1 is 1.50 bits per heavy atom. The molecule has 0 atom stereocenters. The summed E-state index contributed by atoms with van der Waals surface area (Å²) in [6, 6.07) is 6.31. The number of nitrogens with one attached hydrogen (secondary N) is 1. The molecule has 3 nitrogen and oxygen atoms in total. The zero-order chi connectivity index (χ0) is 8.97. The minimum atomic E-state index is -2.45. The molecule has 0 aliphatic heterocycles. The number of rotatable bonds is 3. The lowest BCUT2D eigenvalue weighted by atomic mass is 10.3. The van der Waals surface area contributed by atoms with Crippen molar-refractivity contribution in [1.29, 1.82) is 0 Å². The first-order valence-corrected chi connectivity index (χ1v) is 4.57. The molecule has 0 aromatic heterocycles. The first-order valence-electron chi connectivity index (χ1n) is 3.21. The third-order valence-corrected chi connectivity index (χ3v) is 1.60. The van der Waals surface area contributed by atoms with Crippen molar-refractivity contribution in [2.45, 2.75) is 0 Å². The van der Waals surface area contributed by atoms with Crippen LogP contribution in [0, 0.1) is 11.9 Å². The number of thiol groups is 1. The average molecular weight is 188 g/mol. The summed E-state index contributed by atoms with van der Waals surface area (Å²) in [7, 11) is -2.45. The van der Waals surface area contributed by atoms with Gasteiger partial charge in [0.2, 0.25) is 0 Å². The van der Waals surface area contributed by atoms with Crippen molar-refractivity contribution in [1.82, 2.24) is 0 Å². The summed E-state index contributed by atoms with van der Waals surface area (Å²) < 4.78 is 32.5. The van der Waals surface area contributed by atoms with Gasteiger partial charge in [-0.2, -0.15) is 0 Å². The van der Waals surface area contributed by atoms with Crippen LogP contribution in [0.4, 0.5) is 10.1 Å². The quantitative estimate of drug-likeness (QED) is 0.683. The molecule has 1 radical (unpaired) electrons. The van der Waals surface area contributed by atoms with Gasteiger partial charge in [-0.05, 0) is 18.2 Å². The fourth-order valence-electron chi connectivity index (χ4n) is 0.672. The van der Waals surface area contributed by atoms with Crippen molar-refractivity contribution in [2.24, 2.45) is 0 Å². The molecule has 0 heterocycles. The Hall–Kier alpha value is -1.10. The summed E-state index contributed by atoms with van der Waals surface area (Å²) in [6.07, 6.45) is 0. The van der Waals surface area contributed by atoms with Crippen LogP contribution in [-0.4, -0.2) is 14.3 Å². The third kappa shape index (κ3) is 2.87. The van der Waals surface area contributed by atoms with Crippen LogP contribution in [0.25, 0.3) is 0 Å². The number of hydrogen-bond donors (Lipinski definition) is 2. The predicted molar refractivity (Wildman–Crippen MR) is 44.0 cm³/mol. The average Bonchev–Trinajstić information content (AvgIpc) is 2.03. The fraction of sp³-hybridized carbons (Fsp3) is 0.143. The van der Waals surface area contributed by atoms with E-state index in [1.807, 2.05) is 0 Å². The molecule has 0 saturated carbocycles. The molecule has 0 fully saturated rings. The van der Waals surface area contributed by atoms with E-state index in [0.29, 0.717) is 5.69 Å². The van der Waals surface area contributed by atoms with Crippen LogP contribution in [0.15, 0.2) is 18.2 Å². The molecule has 5 heteroatoms. The van der Waals surface area contributed by atoms with Gasteiger partial charge in [0, 0.05) is 11.8 Å². The molecule has 1 rings (SSSR count). The van der Waals surface area contributed by atoms with Gasteiger partial charge in [-0.15, -0.1) is 0 Å². The van der Waals surface area contributed by atoms with Crippen molar-refractivity contribution in [3.05, 3.63) is 30.1 Å². The molecule has 0 aliphatic carbocycles. The fourth-order valence-corrected chi connectivity index (χ4v) is 0.983. The van der Waals surface area contributed by atoms with Gasteiger partial charge < -0.3 is 5.32 Å². The molecule has 1 aromatic rings. The molecule has 0 saturated heterocycles. The number of anilines is 1. The van der Waals surface area contributed by atoms with Crippen molar-refractivity contribution in [2.75, 3.05) is 11.2 Å². The standard InChI is InChI=1S/C7H7FNO2S/c8-6-1-3-7(4-2-6)9-5-12(10)11/h1,3-4,9,12H,5H2. The first kappa shape index (κ1) is 8.99. The van der Waals surface area contributed by atoms with E-state index in [2.05, 4.69) is 11.4 Å². The summed E-state index contributed by atoms with van der Waals surface area (Å²) >= 11 is 0.